The van der Waals surface area contributed by atoms with Crippen LogP contribution in [0, 0.1) is 0 Å². The highest BCUT2D eigenvalue weighted by molar-refractivity contribution is 4.89. The van der Waals surface area contributed by atoms with Crippen LogP contribution in [0.25, 0.3) is 0 Å². The summed E-state index contributed by atoms with van der Waals surface area (Å²) in [6.45, 7) is 6.21. The Bertz CT molecular complexity index is 270. The van der Waals surface area contributed by atoms with E-state index in [9.17, 15) is 13.2 Å². The SMILES string of the molecule is CN1CCCN(C(C)(CN)CCCC(F)(F)F)CC1. The minimum absolute atomic E-state index is 0.156. The zero-order valence-corrected chi connectivity index (χ0v) is 12.0. The molecule has 0 aromatic heterocycles. The van der Waals surface area contributed by atoms with Gasteiger partial charge in [0, 0.05) is 31.6 Å². The van der Waals surface area contributed by atoms with Crippen molar-refractivity contribution in [1.29, 1.82) is 0 Å². The van der Waals surface area contributed by atoms with Crippen LogP contribution in [0.2, 0.25) is 0 Å². The topological polar surface area (TPSA) is 32.5 Å². The lowest BCUT2D eigenvalue weighted by Gasteiger charge is -2.40. The maximum Gasteiger partial charge on any atom is 0.389 e. The zero-order valence-electron chi connectivity index (χ0n) is 12.0. The molecule has 2 N–H and O–H groups in total. The van der Waals surface area contributed by atoms with E-state index in [0.29, 0.717) is 13.0 Å². The van der Waals surface area contributed by atoms with Gasteiger partial charge in [0.1, 0.15) is 0 Å². The van der Waals surface area contributed by atoms with Crippen LogP contribution in [-0.2, 0) is 0 Å². The molecule has 0 aliphatic carbocycles. The Morgan fingerprint density at radius 3 is 2.32 bits per heavy atom. The third-order valence-electron chi connectivity index (χ3n) is 4.10. The van der Waals surface area contributed by atoms with Crippen LogP contribution in [0.1, 0.15) is 32.6 Å². The number of likely N-dealkylation sites (N-methyl/N-ethyl adjacent to an activating group) is 1. The zero-order chi connectivity index (χ0) is 14.5. The lowest BCUT2D eigenvalue weighted by Crippen LogP contribution is -2.52. The minimum atomic E-state index is -4.06. The Morgan fingerprint density at radius 2 is 1.74 bits per heavy atom. The van der Waals surface area contributed by atoms with Crippen LogP contribution in [-0.4, -0.2) is 61.3 Å². The third-order valence-corrected chi connectivity index (χ3v) is 4.10. The quantitative estimate of drug-likeness (QED) is 0.837. The maximum absolute atomic E-state index is 12.2. The highest BCUT2D eigenvalue weighted by Gasteiger charge is 2.33. The molecule has 19 heavy (non-hydrogen) atoms. The van der Waals surface area contributed by atoms with Crippen molar-refractivity contribution in [2.45, 2.75) is 44.3 Å². The van der Waals surface area contributed by atoms with E-state index in [-0.39, 0.29) is 12.0 Å². The van der Waals surface area contributed by atoms with Gasteiger partial charge in [-0.15, -0.1) is 0 Å². The Hall–Kier alpha value is -0.330. The first-order valence-electron chi connectivity index (χ1n) is 6.97. The molecule has 0 radical (unpaired) electrons. The number of rotatable bonds is 5. The molecule has 3 nitrogen and oxygen atoms in total. The van der Waals surface area contributed by atoms with Crippen molar-refractivity contribution in [3.05, 3.63) is 0 Å². The predicted octanol–water partition coefficient (Wildman–Crippen LogP) is 2.07. The van der Waals surface area contributed by atoms with Crippen molar-refractivity contribution in [2.24, 2.45) is 5.73 Å². The first-order chi connectivity index (χ1) is 8.77. The number of hydrogen-bond donors (Lipinski definition) is 1. The molecule has 1 heterocycles. The summed E-state index contributed by atoms with van der Waals surface area (Å²) in [6, 6.07) is 0. The van der Waals surface area contributed by atoms with Crippen LogP contribution < -0.4 is 5.73 Å². The number of halogens is 3. The second-order valence-corrected chi connectivity index (χ2v) is 5.81. The van der Waals surface area contributed by atoms with Crippen LogP contribution >= 0.6 is 0 Å². The fourth-order valence-corrected chi connectivity index (χ4v) is 2.65. The molecule has 0 aromatic rings. The Balaban J connectivity index is 2.52. The average Bonchev–Trinajstić information content (AvgIpc) is 2.52. The van der Waals surface area contributed by atoms with Gasteiger partial charge in [0.05, 0.1) is 0 Å². The summed E-state index contributed by atoms with van der Waals surface area (Å²) in [6.07, 6.45) is -3.06. The molecule has 1 atom stereocenters. The van der Waals surface area contributed by atoms with E-state index in [1.165, 1.54) is 0 Å². The van der Waals surface area contributed by atoms with Crippen molar-refractivity contribution < 1.29 is 13.2 Å². The van der Waals surface area contributed by atoms with Crippen molar-refractivity contribution in [1.82, 2.24) is 9.80 Å². The second-order valence-electron chi connectivity index (χ2n) is 5.81. The van der Waals surface area contributed by atoms with Crippen molar-refractivity contribution >= 4 is 0 Å². The molecule has 0 amide bonds. The summed E-state index contributed by atoms with van der Waals surface area (Å²) >= 11 is 0. The van der Waals surface area contributed by atoms with Crippen molar-refractivity contribution in [2.75, 3.05) is 39.8 Å². The summed E-state index contributed by atoms with van der Waals surface area (Å²) in [5, 5.41) is 0. The van der Waals surface area contributed by atoms with Gasteiger partial charge in [0.2, 0.25) is 0 Å². The lowest BCUT2D eigenvalue weighted by atomic mass is 9.92. The predicted molar refractivity (Wildman–Crippen MR) is 71.1 cm³/mol. The lowest BCUT2D eigenvalue weighted by molar-refractivity contribution is -0.136. The van der Waals surface area contributed by atoms with Gasteiger partial charge in [-0.05, 0) is 46.3 Å². The van der Waals surface area contributed by atoms with Gasteiger partial charge in [0.25, 0.3) is 0 Å². The molecule has 6 heteroatoms. The number of alkyl halides is 3. The minimum Gasteiger partial charge on any atom is -0.329 e. The molecule has 1 fully saturated rings. The molecule has 1 aliphatic heterocycles. The molecule has 1 saturated heterocycles. The van der Waals surface area contributed by atoms with E-state index in [1.807, 2.05) is 6.92 Å². The summed E-state index contributed by atoms with van der Waals surface area (Å²) in [5.74, 6) is 0. The van der Waals surface area contributed by atoms with Crippen molar-refractivity contribution in [3.8, 4) is 0 Å². The van der Waals surface area contributed by atoms with Crippen LogP contribution in [0.5, 0.6) is 0 Å². The number of nitrogens with two attached hydrogens (primary N) is 1. The fraction of sp³-hybridized carbons (Fsp3) is 1.00. The molecular weight excluding hydrogens is 255 g/mol. The van der Waals surface area contributed by atoms with Gasteiger partial charge in [-0.2, -0.15) is 13.2 Å². The second kappa shape index (κ2) is 6.90. The van der Waals surface area contributed by atoms with Gasteiger partial charge < -0.3 is 10.6 Å². The highest BCUT2D eigenvalue weighted by Crippen LogP contribution is 2.28. The molecule has 1 unspecified atom stereocenters. The first-order valence-corrected chi connectivity index (χ1v) is 6.97. The maximum atomic E-state index is 12.2. The van der Waals surface area contributed by atoms with E-state index in [0.717, 1.165) is 32.6 Å². The largest absolute Gasteiger partial charge is 0.389 e. The standard InChI is InChI=1S/C13H26F3N3/c1-12(11-17,5-3-6-13(14,15)16)19-8-4-7-18(2)9-10-19/h3-11,17H2,1-2H3. The third kappa shape index (κ3) is 5.67. The monoisotopic (exact) mass is 281 g/mol. The summed E-state index contributed by atoms with van der Waals surface area (Å²) in [4.78, 5) is 4.53. The van der Waals surface area contributed by atoms with E-state index < -0.39 is 12.6 Å². The highest BCUT2D eigenvalue weighted by atomic mass is 19.4. The summed E-state index contributed by atoms with van der Waals surface area (Å²) in [7, 11) is 2.08. The molecule has 0 spiro atoms. The van der Waals surface area contributed by atoms with Gasteiger partial charge >= 0.3 is 6.18 Å². The molecule has 0 aromatic carbocycles. The van der Waals surface area contributed by atoms with Crippen LogP contribution in [0.15, 0.2) is 0 Å². The van der Waals surface area contributed by atoms with E-state index in [1.54, 1.807) is 0 Å². The van der Waals surface area contributed by atoms with Crippen LogP contribution in [0.3, 0.4) is 0 Å². The van der Waals surface area contributed by atoms with E-state index in [2.05, 4.69) is 16.8 Å². The molecule has 114 valence electrons. The van der Waals surface area contributed by atoms with Crippen molar-refractivity contribution in [3.63, 3.8) is 0 Å². The molecule has 0 bridgehead atoms. The molecule has 0 saturated carbocycles. The van der Waals surface area contributed by atoms with Gasteiger partial charge in [-0.25, -0.2) is 0 Å². The summed E-state index contributed by atoms with van der Waals surface area (Å²) < 4.78 is 36.7. The number of hydrogen-bond acceptors (Lipinski definition) is 3. The van der Waals surface area contributed by atoms with Gasteiger partial charge in [-0.3, -0.25) is 4.90 Å². The summed E-state index contributed by atoms with van der Waals surface area (Å²) in [5.41, 5.74) is 5.53. The first kappa shape index (κ1) is 16.7. The normalized spacial score (nSPS) is 23.1. The average molecular weight is 281 g/mol. The van der Waals surface area contributed by atoms with Gasteiger partial charge in [0.15, 0.2) is 0 Å². The number of nitrogens with zero attached hydrogens (tertiary/aromatic N) is 2. The molecule has 1 rings (SSSR count). The Labute approximate surface area is 113 Å². The fourth-order valence-electron chi connectivity index (χ4n) is 2.65. The van der Waals surface area contributed by atoms with E-state index in [4.69, 9.17) is 5.73 Å². The Morgan fingerprint density at radius 1 is 1.05 bits per heavy atom. The molecular formula is C13H26F3N3. The van der Waals surface area contributed by atoms with E-state index >= 15 is 0 Å². The van der Waals surface area contributed by atoms with Gasteiger partial charge in [-0.1, -0.05) is 0 Å². The Kier molecular flexibility index (Phi) is 6.08. The van der Waals surface area contributed by atoms with Crippen LogP contribution in [0.4, 0.5) is 13.2 Å². The smallest absolute Gasteiger partial charge is 0.329 e. The molecule has 1 aliphatic rings.